The number of nitro benzene ring substituents is 1. The number of hydrogen-bond acceptors (Lipinski definition) is 6. The number of urea groups is 1. The number of aryl methyl sites for hydroxylation is 2. The van der Waals surface area contributed by atoms with Gasteiger partial charge in [0.15, 0.2) is 0 Å². The fourth-order valence-electron chi connectivity index (χ4n) is 3.63. The SMILES string of the molecule is CCNC(=O)N1CCN(c2ccc(S(=O)(=O)Nc3ccc(C)cc3C)cc2[N+](=O)[O-])CC1. The first kappa shape index (κ1) is 23.3. The second-order valence-corrected chi connectivity index (χ2v) is 9.32. The summed E-state index contributed by atoms with van der Waals surface area (Å²) in [7, 11) is -4.01. The number of hydrogen-bond donors (Lipinski definition) is 2. The van der Waals surface area contributed by atoms with Gasteiger partial charge in [0, 0.05) is 38.8 Å². The number of carbonyl (C=O) groups excluding carboxylic acids is 1. The normalized spacial score (nSPS) is 14.2. The Labute approximate surface area is 187 Å². The molecule has 2 aromatic rings. The highest BCUT2D eigenvalue weighted by molar-refractivity contribution is 7.92. The lowest BCUT2D eigenvalue weighted by Gasteiger charge is -2.35. The number of amides is 2. The molecule has 11 heteroatoms. The van der Waals surface area contributed by atoms with Crippen LogP contribution in [-0.2, 0) is 10.0 Å². The summed E-state index contributed by atoms with van der Waals surface area (Å²) in [4.78, 5) is 26.4. The molecular weight excluding hydrogens is 434 g/mol. The average molecular weight is 462 g/mol. The molecule has 0 aromatic heterocycles. The summed E-state index contributed by atoms with van der Waals surface area (Å²) in [6.07, 6.45) is 0. The molecule has 1 fully saturated rings. The number of carbonyl (C=O) groups is 1. The summed E-state index contributed by atoms with van der Waals surface area (Å²) in [6, 6.07) is 9.04. The number of nitro groups is 1. The summed E-state index contributed by atoms with van der Waals surface area (Å²) < 4.78 is 28.3. The van der Waals surface area contributed by atoms with E-state index in [0.717, 1.165) is 17.2 Å². The number of benzene rings is 2. The van der Waals surface area contributed by atoms with Crippen molar-refractivity contribution in [3.8, 4) is 0 Å². The zero-order chi connectivity index (χ0) is 23.5. The van der Waals surface area contributed by atoms with Crippen LogP contribution in [-0.4, -0.2) is 57.0 Å². The molecule has 1 aliphatic rings. The van der Waals surface area contributed by atoms with Crippen LogP contribution in [0.2, 0.25) is 0 Å². The molecule has 172 valence electrons. The highest BCUT2D eigenvalue weighted by Crippen LogP contribution is 2.32. The summed E-state index contributed by atoms with van der Waals surface area (Å²) in [6.45, 7) is 7.70. The predicted molar refractivity (Wildman–Crippen MR) is 123 cm³/mol. The van der Waals surface area contributed by atoms with Crippen LogP contribution in [0.4, 0.5) is 21.9 Å². The third-order valence-corrected chi connectivity index (χ3v) is 6.68. The van der Waals surface area contributed by atoms with Crippen LogP contribution in [0, 0.1) is 24.0 Å². The molecule has 32 heavy (non-hydrogen) atoms. The van der Waals surface area contributed by atoms with Gasteiger partial charge in [-0.25, -0.2) is 13.2 Å². The van der Waals surface area contributed by atoms with Gasteiger partial charge < -0.3 is 15.1 Å². The first-order valence-corrected chi connectivity index (χ1v) is 11.8. The number of anilines is 2. The van der Waals surface area contributed by atoms with Gasteiger partial charge in [-0.3, -0.25) is 14.8 Å². The molecule has 0 bridgehead atoms. The van der Waals surface area contributed by atoms with E-state index in [0.29, 0.717) is 44.1 Å². The van der Waals surface area contributed by atoms with Gasteiger partial charge in [0.25, 0.3) is 15.7 Å². The quantitative estimate of drug-likeness (QED) is 0.503. The maximum atomic E-state index is 12.9. The molecule has 1 heterocycles. The summed E-state index contributed by atoms with van der Waals surface area (Å²) in [5.74, 6) is 0. The van der Waals surface area contributed by atoms with Crippen molar-refractivity contribution in [3.63, 3.8) is 0 Å². The van der Waals surface area contributed by atoms with Crippen molar-refractivity contribution in [2.24, 2.45) is 0 Å². The Morgan fingerprint density at radius 3 is 2.38 bits per heavy atom. The molecule has 0 radical (unpaired) electrons. The number of sulfonamides is 1. The van der Waals surface area contributed by atoms with Gasteiger partial charge in [0.2, 0.25) is 0 Å². The van der Waals surface area contributed by atoms with Crippen molar-refractivity contribution < 1.29 is 18.1 Å². The number of rotatable bonds is 6. The van der Waals surface area contributed by atoms with Crippen LogP contribution < -0.4 is 14.9 Å². The van der Waals surface area contributed by atoms with Crippen molar-refractivity contribution in [1.29, 1.82) is 0 Å². The first-order chi connectivity index (χ1) is 15.1. The van der Waals surface area contributed by atoms with E-state index in [1.807, 2.05) is 19.9 Å². The standard InChI is InChI=1S/C21H27N5O5S/c1-4-22-21(27)25-11-9-24(10-12-25)19-8-6-17(14-20(19)26(28)29)32(30,31)23-18-7-5-15(2)13-16(18)3/h5-8,13-14,23H,4,9-12H2,1-3H3,(H,22,27). The molecule has 2 N–H and O–H groups in total. The van der Waals surface area contributed by atoms with Crippen molar-refractivity contribution in [2.45, 2.75) is 25.7 Å². The lowest BCUT2D eigenvalue weighted by Crippen LogP contribution is -2.51. The molecule has 10 nitrogen and oxygen atoms in total. The number of piperazine rings is 1. The van der Waals surface area contributed by atoms with Crippen LogP contribution in [0.3, 0.4) is 0 Å². The van der Waals surface area contributed by atoms with E-state index in [2.05, 4.69) is 10.0 Å². The molecule has 0 spiro atoms. The monoisotopic (exact) mass is 461 g/mol. The van der Waals surface area contributed by atoms with E-state index >= 15 is 0 Å². The minimum Gasteiger partial charge on any atom is -0.362 e. The van der Waals surface area contributed by atoms with Crippen LogP contribution >= 0.6 is 0 Å². The van der Waals surface area contributed by atoms with Gasteiger partial charge in [-0.1, -0.05) is 17.7 Å². The molecule has 2 amide bonds. The fraction of sp³-hybridized carbons (Fsp3) is 0.381. The molecule has 1 saturated heterocycles. The molecule has 1 aliphatic heterocycles. The Kier molecular flexibility index (Phi) is 6.87. The van der Waals surface area contributed by atoms with Crippen LogP contribution in [0.5, 0.6) is 0 Å². The van der Waals surface area contributed by atoms with E-state index in [1.54, 1.807) is 28.9 Å². The van der Waals surface area contributed by atoms with Gasteiger partial charge in [-0.15, -0.1) is 0 Å². The smallest absolute Gasteiger partial charge is 0.317 e. The third-order valence-electron chi connectivity index (χ3n) is 5.32. The highest BCUT2D eigenvalue weighted by Gasteiger charge is 2.28. The third kappa shape index (κ3) is 5.10. The molecule has 3 rings (SSSR count). The van der Waals surface area contributed by atoms with Crippen LogP contribution in [0.15, 0.2) is 41.3 Å². The zero-order valence-corrected chi connectivity index (χ0v) is 19.1. The number of nitrogens with one attached hydrogen (secondary N) is 2. The van der Waals surface area contributed by atoms with Gasteiger partial charge in [-0.2, -0.15) is 0 Å². The Bertz CT molecular complexity index is 1130. The minimum atomic E-state index is -4.01. The minimum absolute atomic E-state index is 0.166. The zero-order valence-electron chi connectivity index (χ0n) is 18.3. The van der Waals surface area contributed by atoms with Crippen molar-refractivity contribution >= 4 is 33.1 Å². The van der Waals surface area contributed by atoms with E-state index < -0.39 is 14.9 Å². The Hall–Kier alpha value is -3.34. The topological polar surface area (TPSA) is 125 Å². The molecular formula is C21H27N5O5S. The predicted octanol–water partition coefficient (Wildman–Crippen LogP) is 2.86. The van der Waals surface area contributed by atoms with E-state index in [-0.39, 0.29) is 16.6 Å². The van der Waals surface area contributed by atoms with Gasteiger partial charge in [-0.05, 0) is 44.5 Å². The Balaban J connectivity index is 1.83. The maximum absolute atomic E-state index is 12.9. The maximum Gasteiger partial charge on any atom is 0.317 e. The van der Waals surface area contributed by atoms with E-state index in [4.69, 9.17) is 0 Å². The molecule has 0 unspecified atom stereocenters. The lowest BCUT2D eigenvalue weighted by atomic mass is 10.1. The van der Waals surface area contributed by atoms with Crippen LogP contribution in [0.1, 0.15) is 18.1 Å². The summed E-state index contributed by atoms with van der Waals surface area (Å²) in [5, 5.41) is 14.5. The second kappa shape index (κ2) is 9.43. The second-order valence-electron chi connectivity index (χ2n) is 7.64. The van der Waals surface area contributed by atoms with Crippen molar-refractivity contribution in [1.82, 2.24) is 10.2 Å². The molecule has 0 atom stereocenters. The van der Waals surface area contributed by atoms with E-state index in [9.17, 15) is 23.3 Å². The average Bonchev–Trinajstić information content (AvgIpc) is 2.75. The molecule has 2 aromatic carbocycles. The van der Waals surface area contributed by atoms with Crippen LogP contribution in [0.25, 0.3) is 0 Å². The Morgan fingerprint density at radius 2 is 1.78 bits per heavy atom. The highest BCUT2D eigenvalue weighted by atomic mass is 32.2. The summed E-state index contributed by atoms with van der Waals surface area (Å²) >= 11 is 0. The lowest BCUT2D eigenvalue weighted by molar-refractivity contribution is -0.384. The Morgan fingerprint density at radius 1 is 1.09 bits per heavy atom. The molecule has 0 saturated carbocycles. The number of nitrogens with zero attached hydrogens (tertiary/aromatic N) is 3. The van der Waals surface area contributed by atoms with E-state index in [1.165, 1.54) is 12.1 Å². The largest absolute Gasteiger partial charge is 0.362 e. The fourth-order valence-corrected chi connectivity index (χ4v) is 4.78. The van der Waals surface area contributed by atoms with Gasteiger partial charge in [0.1, 0.15) is 5.69 Å². The first-order valence-electron chi connectivity index (χ1n) is 10.3. The van der Waals surface area contributed by atoms with Crippen molar-refractivity contribution in [2.75, 3.05) is 42.3 Å². The summed E-state index contributed by atoms with van der Waals surface area (Å²) in [5.41, 5.74) is 2.21. The van der Waals surface area contributed by atoms with Crippen molar-refractivity contribution in [3.05, 3.63) is 57.6 Å². The van der Waals surface area contributed by atoms with Gasteiger partial charge >= 0.3 is 6.03 Å². The van der Waals surface area contributed by atoms with Gasteiger partial charge in [0.05, 0.1) is 15.5 Å². The molecule has 0 aliphatic carbocycles.